The van der Waals surface area contributed by atoms with Crippen LogP contribution in [0.5, 0.6) is 0 Å². The van der Waals surface area contributed by atoms with E-state index in [1.54, 1.807) is 0 Å². The summed E-state index contributed by atoms with van der Waals surface area (Å²) in [6.45, 7) is 13.5. The normalized spacial score (nSPS) is 11.7. The SMILES string of the molecule is CC(=O)Nc1ccc2c(c1)cc(C(=O)NCC(C)C)n2Cc1ccc(C(C)(C)C)cc1. The van der Waals surface area contributed by atoms with Crippen LogP contribution in [-0.2, 0) is 16.8 Å². The molecule has 3 rings (SSSR count). The molecule has 3 aromatic rings. The molecule has 0 saturated carbocycles. The van der Waals surface area contributed by atoms with E-state index in [0.29, 0.717) is 24.7 Å². The van der Waals surface area contributed by atoms with Gasteiger partial charge in [0.2, 0.25) is 5.91 Å². The fourth-order valence-electron chi connectivity index (χ4n) is 3.59. The van der Waals surface area contributed by atoms with Crippen LogP contribution < -0.4 is 10.6 Å². The number of rotatable bonds is 6. The molecule has 31 heavy (non-hydrogen) atoms. The van der Waals surface area contributed by atoms with Crippen LogP contribution in [0.25, 0.3) is 10.9 Å². The van der Waals surface area contributed by atoms with Crippen LogP contribution in [0, 0.1) is 5.92 Å². The number of hydrogen-bond donors (Lipinski definition) is 2. The highest BCUT2D eigenvalue weighted by Crippen LogP contribution is 2.26. The number of aromatic nitrogens is 1. The lowest BCUT2D eigenvalue weighted by Gasteiger charge is -2.19. The molecule has 1 heterocycles. The maximum absolute atomic E-state index is 13.0. The number of hydrogen-bond acceptors (Lipinski definition) is 2. The molecule has 2 aromatic carbocycles. The first kappa shape index (κ1) is 22.6. The van der Waals surface area contributed by atoms with Gasteiger partial charge in [0.15, 0.2) is 0 Å². The van der Waals surface area contributed by atoms with Crippen molar-refractivity contribution in [3.05, 3.63) is 65.4 Å². The zero-order chi connectivity index (χ0) is 22.8. The lowest BCUT2D eigenvalue weighted by molar-refractivity contribution is -0.114. The van der Waals surface area contributed by atoms with Gasteiger partial charge in [-0.2, -0.15) is 0 Å². The van der Waals surface area contributed by atoms with Crippen molar-refractivity contribution in [2.45, 2.75) is 53.5 Å². The third-order valence-electron chi connectivity index (χ3n) is 5.29. The molecule has 0 atom stereocenters. The van der Waals surface area contributed by atoms with Gasteiger partial charge in [-0.05, 0) is 46.7 Å². The molecule has 0 radical (unpaired) electrons. The lowest BCUT2D eigenvalue weighted by atomic mass is 9.87. The Morgan fingerprint density at radius 2 is 1.68 bits per heavy atom. The van der Waals surface area contributed by atoms with E-state index in [9.17, 15) is 9.59 Å². The molecule has 5 nitrogen and oxygen atoms in total. The fourth-order valence-corrected chi connectivity index (χ4v) is 3.59. The Morgan fingerprint density at radius 1 is 1.00 bits per heavy atom. The third-order valence-corrected chi connectivity index (χ3v) is 5.29. The van der Waals surface area contributed by atoms with Gasteiger partial charge in [0, 0.05) is 36.6 Å². The predicted octanol–water partition coefficient (Wildman–Crippen LogP) is 5.33. The Kier molecular flexibility index (Phi) is 6.54. The molecule has 0 unspecified atom stereocenters. The smallest absolute Gasteiger partial charge is 0.267 e. The highest BCUT2D eigenvalue weighted by Gasteiger charge is 2.18. The van der Waals surface area contributed by atoms with Crippen molar-refractivity contribution < 1.29 is 9.59 Å². The van der Waals surface area contributed by atoms with Crippen molar-refractivity contribution >= 4 is 28.4 Å². The summed E-state index contributed by atoms with van der Waals surface area (Å²) in [5.41, 5.74) is 4.82. The first-order chi connectivity index (χ1) is 14.5. The summed E-state index contributed by atoms with van der Waals surface area (Å²) in [5.74, 6) is 0.169. The average Bonchev–Trinajstić information content (AvgIpc) is 3.03. The summed E-state index contributed by atoms with van der Waals surface area (Å²) in [7, 11) is 0. The topological polar surface area (TPSA) is 63.1 Å². The van der Waals surface area contributed by atoms with E-state index in [1.807, 2.05) is 24.3 Å². The maximum atomic E-state index is 13.0. The number of anilines is 1. The van der Waals surface area contributed by atoms with Crippen LogP contribution in [0.1, 0.15) is 63.2 Å². The lowest BCUT2D eigenvalue weighted by Crippen LogP contribution is -2.29. The number of benzene rings is 2. The zero-order valence-electron chi connectivity index (χ0n) is 19.4. The predicted molar refractivity (Wildman–Crippen MR) is 128 cm³/mol. The van der Waals surface area contributed by atoms with E-state index >= 15 is 0 Å². The van der Waals surface area contributed by atoms with E-state index in [2.05, 4.69) is 74.1 Å². The van der Waals surface area contributed by atoms with E-state index in [1.165, 1.54) is 12.5 Å². The van der Waals surface area contributed by atoms with Gasteiger partial charge < -0.3 is 15.2 Å². The summed E-state index contributed by atoms with van der Waals surface area (Å²) in [4.78, 5) is 24.4. The minimum absolute atomic E-state index is 0.0858. The average molecular weight is 420 g/mol. The Morgan fingerprint density at radius 3 is 2.26 bits per heavy atom. The van der Waals surface area contributed by atoms with E-state index in [0.717, 1.165) is 22.2 Å². The molecule has 0 aliphatic carbocycles. The summed E-state index contributed by atoms with van der Waals surface area (Å²) < 4.78 is 2.05. The van der Waals surface area contributed by atoms with Crippen molar-refractivity contribution in [2.75, 3.05) is 11.9 Å². The molecule has 0 spiro atoms. The summed E-state index contributed by atoms with van der Waals surface area (Å²) in [6, 6.07) is 16.2. The standard InChI is InChI=1S/C26H33N3O2/c1-17(2)15-27-25(31)24-14-20-13-22(28-18(3)30)11-12-23(20)29(24)16-19-7-9-21(10-8-19)26(4,5)6/h7-14,17H,15-16H2,1-6H3,(H,27,31)(H,28,30). The van der Waals surface area contributed by atoms with Crippen molar-refractivity contribution in [3.63, 3.8) is 0 Å². The van der Waals surface area contributed by atoms with Crippen LogP contribution in [0.3, 0.4) is 0 Å². The van der Waals surface area contributed by atoms with Crippen molar-refractivity contribution in [2.24, 2.45) is 5.92 Å². The quantitative estimate of drug-likeness (QED) is 0.567. The van der Waals surface area contributed by atoms with Gasteiger partial charge in [-0.3, -0.25) is 9.59 Å². The molecule has 5 heteroatoms. The van der Waals surface area contributed by atoms with E-state index in [-0.39, 0.29) is 17.2 Å². The third kappa shape index (κ3) is 5.54. The summed E-state index contributed by atoms with van der Waals surface area (Å²) >= 11 is 0. The van der Waals surface area contributed by atoms with Gasteiger partial charge in [0.05, 0.1) is 0 Å². The molecule has 0 fully saturated rings. The maximum Gasteiger partial charge on any atom is 0.267 e. The first-order valence-corrected chi connectivity index (χ1v) is 10.8. The zero-order valence-corrected chi connectivity index (χ0v) is 19.4. The number of nitrogens with zero attached hydrogens (tertiary/aromatic N) is 1. The minimum Gasteiger partial charge on any atom is -0.351 e. The number of fused-ring (bicyclic) bond motifs is 1. The number of carbonyl (C=O) groups is 2. The largest absolute Gasteiger partial charge is 0.351 e. The number of nitrogens with one attached hydrogen (secondary N) is 2. The Labute approximate surface area is 184 Å². The highest BCUT2D eigenvalue weighted by molar-refractivity contribution is 6.00. The van der Waals surface area contributed by atoms with Gasteiger partial charge in [-0.1, -0.05) is 58.9 Å². The Hall–Kier alpha value is -3.08. The van der Waals surface area contributed by atoms with Crippen molar-refractivity contribution in [1.82, 2.24) is 9.88 Å². The Bertz CT molecular complexity index is 1090. The van der Waals surface area contributed by atoms with Crippen LogP contribution in [0.15, 0.2) is 48.5 Å². The second-order valence-corrected chi connectivity index (χ2v) is 9.62. The van der Waals surface area contributed by atoms with Gasteiger partial charge in [0.1, 0.15) is 5.69 Å². The van der Waals surface area contributed by atoms with Gasteiger partial charge in [-0.25, -0.2) is 0 Å². The molecule has 0 aliphatic rings. The van der Waals surface area contributed by atoms with Crippen LogP contribution in [0.4, 0.5) is 5.69 Å². The molecule has 2 N–H and O–H groups in total. The first-order valence-electron chi connectivity index (χ1n) is 10.8. The molecular weight excluding hydrogens is 386 g/mol. The van der Waals surface area contributed by atoms with Gasteiger partial charge in [0.25, 0.3) is 5.91 Å². The number of carbonyl (C=O) groups excluding carboxylic acids is 2. The van der Waals surface area contributed by atoms with Crippen LogP contribution in [0.2, 0.25) is 0 Å². The van der Waals surface area contributed by atoms with Crippen molar-refractivity contribution in [3.8, 4) is 0 Å². The number of amides is 2. The Balaban J connectivity index is 2.00. The van der Waals surface area contributed by atoms with Gasteiger partial charge in [-0.15, -0.1) is 0 Å². The highest BCUT2D eigenvalue weighted by atomic mass is 16.2. The monoisotopic (exact) mass is 419 g/mol. The van der Waals surface area contributed by atoms with Gasteiger partial charge >= 0.3 is 0 Å². The molecular formula is C26H33N3O2. The molecule has 164 valence electrons. The fraction of sp³-hybridized carbons (Fsp3) is 0.385. The summed E-state index contributed by atoms with van der Waals surface area (Å²) in [5, 5.41) is 6.77. The second-order valence-electron chi connectivity index (χ2n) is 9.62. The molecule has 0 saturated heterocycles. The van der Waals surface area contributed by atoms with Crippen molar-refractivity contribution in [1.29, 1.82) is 0 Å². The summed E-state index contributed by atoms with van der Waals surface area (Å²) in [6.07, 6.45) is 0. The van der Waals surface area contributed by atoms with Crippen LogP contribution in [-0.4, -0.2) is 22.9 Å². The molecule has 0 bridgehead atoms. The molecule has 2 amide bonds. The van der Waals surface area contributed by atoms with E-state index in [4.69, 9.17) is 0 Å². The van der Waals surface area contributed by atoms with Crippen LogP contribution >= 0.6 is 0 Å². The van der Waals surface area contributed by atoms with E-state index < -0.39 is 0 Å². The molecule has 1 aromatic heterocycles. The second kappa shape index (κ2) is 8.96. The molecule has 0 aliphatic heterocycles. The minimum atomic E-state index is -0.118.